The molecule has 7 nitrogen and oxygen atoms in total. The first kappa shape index (κ1) is 19.0. The van der Waals surface area contributed by atoms with Crippen molar-refractivity contribution in [3.05, 3.63) is 42.5 Å². The predicted molar refractivity (Wildman–Crippen MR) is 103 cm³/mol. The molecule has 1 heterocycles. The molecule has 0 unspecified atom stereocenters. The lowest BCUT2D eigenvalue weighted by molar-refractivity contribution is -0.117. The zero-order valence-corrected chi connectivity index (χ0v) is 16.4. The smallest absolute Gasteiger partial charge is 0.264 e. The van der Waals surface area contributed by atoms with E-state index in [2.05, 4.69) is 0 Å². The number of fused-ring (bicyclic) bond motifs is 1. The summed E-state index contributed by atoms with van der Waals surface area (Å²) in [6.45, 7) is 5.51. The van der Waals surface area contributed by atoms with Crippen molar-refractivity contribution in [3.8, 4) is 11.5 Å². The Balaban J connectivity index is 2.04. The zero-order valence-electron chi connectivity index (χ0n) is 15.6. The van der Waals surface area contributed by atoms with Crippen LogP contribution in [0.15, 0.2) is 47.4 Å². The largest absolute Gasteiger partial charge is 0.508 e. The Morgan fingerprint density at radius 1 is 1.19 bits per heavy atom. The summed E-state index contributed by atoms with van der Waals surface area (Å²) in [6, 6.07) is 10.4. The molecule has 0 bridgehead atoms. The Kier molecular flexibility index (Phi) is 4.55. The van der Waals surface area contributed by atoms with Crippen LogP contribution in [-0.2, 0) is 14.8 Å². The van der Waals surface area contributed by atoms with Gasteiger partial charge in [0.25, 0.3) is 10.0 Å². The van der Waals surface area contributed by atoms with Crippen LogP contribution < -0.4 is 13.9 Å². The molecule has 144 valence electrons. The number of amides is 1. The van der Waals surface area contributed by atoms with Crippen LogP contribution in [0, 0.1) is 0 Å². The third kappa shape index (κ3) is 3.57. The molecule has 1 amide bonds. The van der Waals surface area contributed by atoms with E-state index in [0.29, 0.717) is 23.7 Å². The molecule has 1 aliphatic heterocycles. The molecule has 2 aromatic carbocycles. The Hall–Kier alpha value is -2.74. The predicted octanol–water partition coefficient (Wildman–Crippen LogP) is 2.74. The molecule has 1 N–H and O–H groups in total. The van der Waals surface area contributed by atoms with E-state index in [1.807, 2.05) is 13.8 Å². The van der Waals surface area contributed by atoms with E-state index in [9.17, 15) is 18.3 Å². The van der Waals surface area contributed by atoms with Gasteiger partial charge in [0.15, 0.2) is 0 Å². The molecule has 0 radical (unpaired) electrons. The molecule has 8 heteroatoms. The van der Waals surface area contributed by atoms with Crippen LogP contribution >= 0.6 is 0 Å². The van der Waals surface area contributed by atoms with Gasteiger partial charge in [0, 0.05) is 14.0 Å². The number of nitrogens with zero attached hydrogens (tertiary/aromatic N) is 2. The average Bonchev–Trinajstić information content (AvgIpc) is 2.59. The summed E-state index contributed by atoms with van der Waals surface area (Å²) in [6.07, 6.45) is 0. The highest BCUT2D eigenvalue weighted by atomic mass is 32.2. The fraction of sp³-hybridized carbons (Fsp3) is 0.316. The minimum atomic E-state index is -3.86. The molecule has 3 rings (SSSR count). The standard InChI is InChI=1S/C19H22N2O5S/c1-13(22)21-12-19(2,3)26-18-10-9-16(11-17(18)21)27(24,25)20(4)14-5-7-15(23)8-6-14/h5-11,23H,12H2,1-4H3. The second-order valence-electron chi connectivity index (χ2n) is 7.09. The quantitative estimate of drug-likeness (QED) is 0.871. The topological polar surface area (TPSA) is 87.2 Å². The first-order chi connectivity index (χ1) is 12.5. The van der Waals surface area contributed by atoms with Crippen LogP contribution in [0.1, 0.15) is 20.8 Å². The van der Waals surface area contributed by atoms with Crippen molar-refractivity contribution in [2.75, 3.05) is 22.8 Å². The molecule has 2 aromatic rings. The number of phenolic OH excluding ortho intramolecular Hbond substituents is 1. The molecule has 0 saturated carbocycles. The van der Waals surface area contributed by atoms with Crippen LogP contribution in [0.5, 0.6) is 11.5 Å². The van der Waals surface area contributed by atoms with E-state index in [1.54, 1.807) is 6.07 Å². The fourth-order valence-corrected chi connectivity index (χ4v) is 4.21. The maximum absolute atomic E-state index is 13.0. The van der Waals surface area contributed by atoms with Crippen molar-refractivity contribution >= 4 is 27.3 Å². The van der Waals surface area contributed by atoms with Gasteiger partial charge in [-0.05, 0) is 56.3 Å². The highest BCUT2D eigenvalue weighted by Gasteiger charge is 2.35. The van der Waals surface area contributed by atoms with Gasteiger partial charge in [0.1, 0.15) is 17.1 Å². The lowest BCUT2D eigenvalue weighted by Gasteiger charge is -2.39. The molecule has 0 aromatic heterocycles. The van der Waals surface area contributed by atoms with Crippen LogP contribution in [0.3, 0.4) is 0 Å². The molecule has 0 saturated heterocycles. The summed E-state index contributed by atoms with van der Waals surface area (Å²) in [5.41, 5.74) is 0.273. The molecule has 0 spiro atoms. The number of carbonyl (C=O) groups excluding carboxylic acids is 1. The summed E-state index contributed by atoms with van der Waals surface area (Å²) in [5.74, 6) is 0.331. The normalized spacial score (nSPS) is 15.6. The van der Waals surface area contributed by atoms with Gasteiger partial charge in [-0.25, -0.2) is 8.42 Å². The summed E-state index contributed by atoms with van der Waals surface area (Å²) in [4.78, 5) is 13.7. The van der Waals surface area contributed by atoms with Crippen LogP contribution in [0.4, 0.5) is 11.4 Å². The Morgan fingerprint density at radius 3 is 2.41 bits per heavy atom. The molecular weight excluding hydrogens is 368 g/mol. The van der Waals surface area contributed by atoms with Crippen molar-refractivity contribution in [2.24, 2.45) is 0 Å². The number of phenols is 1. The highest BCUT2D eigenvalue weighted by Crippen LogP contribution is 2.39. The van der Waals surface area contributed by atoms with Crippen molar-refractivity contribution in [1.82, 2.24) is 0 Å². The van der Waals surface area contributed by atoms with E-state index < -0.39 is 15.6 Å². The molecule has 0 aliphatic carbocycles. The highest BCUT2D eigenvalue weighted by molar-refractivity contribution is 7.92. The zero-order chi connectivity index (χ0) is 20.0. The van der Waals surface area contributed by atoms with Gasteiger partial charge in [-0.1, -0.05) is 0 Å². The molecular formula is C19H22N2O5S. The van der Waals surface area contributed by atoms with Crippen LogP contribution in [-0.4, -0.2) is 38.6 Å². The number of ether oxygens (including phenoxy) is 1. The van der Waals surface area contributed by atoms with Gasteiger partial charge < -0.3 is 14.7 Å². The summed E-state index contributed by atoms with van der Waals surface area (Å²) in [5, 5.41) is 9.39. The van der Waals surface area contributed by atoms with Crippen LogP contribution in [0.25, 0.3) is 0 Å². The fourth-order valence-electron chi connectivity index (χ4n) is 2.99. The summed E-state index contributed by atoms with van der Waals surface area (Å²) in [7, 11) is -2.42. The number of hydrogen-bond donors (Lipinski definition) is 1. The number of anilines is 2. The second-order valence-corrected chi connectivity index (χ2v) is 9.05. The number of benzene rings is 2. The van der Waals surface area contributed by atoms with E-state index in [0.717, 1.165) is 4.31 Å². The molecule has 0 atom stereocenters. The Morgan fingerprint density at radius 2 is 1.81 bits per heavy atom. The van der Waals surface area contributed by atoms with E-state index in [1.165, 1.54) is 55.3 Å². The number of carbonyl (C=O) groups is 1. The first-order valence-corrected chi connectivity index (χ1v) is 9.84. The van der Waals surface area contributed by atoms with Gasteiger partial charge in [0.2, 0.25) is 5.91 Å². The van der Waals surface area contributed by atoms with E-state index >= 15 is 0 Å². The molecule has 1 aliphatic rings. The Labute approximate surface area is 158 Å². The first-order valence-electron chi connectivity index (χ1n) is 8.40. The number of sulfonamides is 1. The Bertz CT molecular complexity index is 984. The summed E-state index contributed by atoms with van der Waals surface area (Å²) >= 11 is 0. The lowest BCUT2D eigenvalue weighted by atomic mass is 10.1. The maximum atomic E-state index is 13.0. The summed E-state index contributed by atoms with van der Waals surface area (Å²) < 4.78 is 33.1. The number of rotatable bonds is 3. The van der Waals surface area contributed by atoms with Gasteiger partial charge in [-0.3, -0.25) is 9.10 Å². The van der Waals surface area contributed by atoms with Crippen molar-refractivity contribution < 1.29 is 23.1 Å². The minimum absolute atomic E-state index is 0.0476. The minimum Gasteiger partial charge on any atom is -0.508 e. The number of aromatic hydroxyl groups is 1. The van der Waals surface area contributed by atoms with Crippen molar-refractivity contribution in [3.63, 3.8) is 0 Å². The number of hydrogen-bond acceptors (Lipinski definition) is 5. The second kappa shape index (κ2) is 6.45. The van der Waals surface area contributed by atoms with E-state index in [-0.39, 0.29) is 16.6 Å². The lowest BCUT2D eigenvalue weighted by Crippen LogP contribution is -2.48. The van der Waals surface area contributed by atoms with Gasteiger partial charge in [0.05, 0.1) is 22.8 Å². The molecule has 0 fully saturated rings. The van der Waals surface area contributed by atoms with Crippen molar-refractivity contribution in [1.29, 1.82) is 0 Å². The van der Waals surface area contributed by atoms with Crippen LogP contribution in [0.2, 0.25) is 0 Å². The van der Waals surface area contributed by atoms with Gasteiger partial charge in [-0.15, -0.1) is 0 Å². The van der Waals surface area contributed by atoms with Crippen molar-refractivity contribution in [2.45, 2.75) is 31.3 Å². The molecule has 27 heavy (non-hydrogen) atoms. The maximum Gasteiger partial charge on any atom is 0.264 e. The SMILES string of the molecule is CC(=O)N1CC(C)(C)Oc2ccc(S(=O)(=O)N(C)c3ccc(O)cc3)cc21. The average molecular weight is 390 g/mol. The van der Waals surface area contributed by atoms with Gasteiger partial charge >= 0.3 is 0 Å². The van der Waals surface area contributed by atoms with E-state index in [4.69, 9.17) is 4.74 Å². The third-order valence-corrected chi connectivity index (χ3v) is 6.18. The monoisotopic (exact) mass is 390 g/mol. The van der Waals surface area contributed by atoms with Gasteiger partial charge in [-0.2, -0.15) is 0 Å². The third-order valence-electron chi connectivity index (χ3n) is 4.40.